The number of esters is 1. The lowest BCUT2D eigenvalue weighted by atomic mass is 10.0. The largest absolute Gasteiger partial charge is 0.470 e. The highest BCUT2D eigenvalue weighted by Crippen LogP contribution is 2.37. The first kappa shape index (κ1) is 21.0. The Morgan fingerprint density at radius 3 is 2.91 bits per heavy atom. The van der Waals surface area contributed by atoms with Gasteiger partial charge in [0, 0.05) is 23.4 Å². The first-order valence-corrected chi connectivity index (χ1v) is 10.4. The molecule has 4 heterocycles. The SMILES string of the molecule is COC(=O)c1nc(Cl)ccc1N[C@H](C)c1cc(F)cc2nc3c(nc12)OCc1ncccc1-3. The smallest absolute Gasteiger partial charge is 0.358 e. The summed E-state index contributed by atoms with van der Waals surface area (Å²) < 4.78 is 25.2. The van der Waals surface area contributed by atoms with Crippen LogP contribution in [-0.2, 0) is 11.3 Å². The zero-order valence-electron chi connectivity index (χ0n) is 17.6. The van der Waals surface area contributed by atoms with E-state index in [9.17, 15) is 9.18 Å². The maximum atomic E-state index is 14.6. The Morgan fingerprint density at radius 1 is 1.24 bits per heavy atom. The minimum Gasteiger partial charge on any atom is -0.470 e. The number of anilines is 1. The number of hydrogen-bond donors (Lipinski definition) is 1. The van der Waals surface area contributed by atoms with E-state index < -0.39 is 17.8 Å². The molecule has 166 valence electrons. The van der Waals surface area contributed by atoms with E-state index in [4.69, 9.17) is 21.1 Å². The van der Waals surface area contributed by atoms with Gasteiger partial charge in [-0.25, -0.2) is 24.1 Å². The highest BCUT2D eigenvalue weighted by atomic mass is 35.5. The zero-order valence-corrected chi connectivity index (χ0v) is 18.4. The molecule has 33 heavy (non-hydrogen) atoms. The third-order valence-electron chi connectivity index (χ3n) is 5.30. The first-order valence-electron chi connectivity index (χ1n) is 10.0. The molecule has 0 bridgehead atoms. The van der Waals surface area contributed by atoms with E-state index >= 15 is 0 Å². The number of ether oxygens (including phenoxy) is 2. The van der Waals surface area contributed by atoms with Crippen LogP contribution in [0.3, 0.4) is 0 Å². The molecule has 5 rings (SSSR count). The minimum atomic E-state index is -0.647. The first-order chi connectivity index (χ1) is 15.9. The maximum absolute atomic E-state index is 14.6. The number of nitrogens with one attached hydrogen (secondary N) is 1. The molecule has 1 aromatic carbocycles. The van der Waals surface area contributed by atoms with Crippen LogP contribution in [0, 0.1) is 5.82 Å². The lowest BCUT2D eigenvalue weighted by Gasteiger charge is -2.21. The molecular weight excluding hydrogens is 449 g/mol. The molecule has 0 saturated carbocycles. The van der Waals surface area contributed by atoms with Crippen LogP contribution in [0.2, 0.25) is 5.15 Å². The Morgan fingerprint density at radius 2 is 2.09 bits per heavy atom. The van der Waals surface area contributed by atoms with E-state index in [1.165, 1.54) is 19.2 Å². The maximum Gasteiger partial charge on any atom is 0.358 e. The summed E-state index contributed by atoms with van der Waals surface area (Å²) >= 11 is 5.94. The van der Waals surface area contributed by atoms with Gasteiger partial charge < -0.3 is 14.8 Å². The molecule has 0 unspecified atom stereocenters. The number of halogens is 2. The molecule has 1 N–H and O–H groups in total. The number of nitrogens with zero attached hydrogens (tertiary/aromatic N) is 4. The number of aromatic nitrogens is 4. The van der Waals surface area contributed by atoms with E-state index in [0.717, 1.165) is 11.3 Å². The molecule has 0 fully saturated rings. The number of carbonyl (C=O) groups excluding carboxylic acids is 1. The summed E-state index contributed by atoms with van der Waals surface area (Å²) in [5.41, 5.74) is 3.86. The highest BCUT2D eigenvalue weighted by Gasteiger charge is 2.24. The van der Waals surface area contributed by atoms with E-state index in [1.807, 2.05) is 19.1 Å². The highest BCUT2D eigenvalue weighted by molar-refractivity contribution is 6.29. The van der Waals surface area contributed by atoms with E-state index in [2.05, 4.69) is 25.3 Å². The molecule has 4 aromatic rings. The fraction of sp³-hybridized carbons (Fsp3) is 0.174. The second-order valence-electron chi connectivity index (χ2n) is 7.41. The van der Waals surface area contributed by atoms with Gasteiger partial charge in [-0.3, -0.25) is 4.98 Å². The Hall–Kier alpha value is -3.85. The monoisotopic (exact) mass is 465 g/mol. The fourth-order valence-corrected chi connectivity index (χ4v) is 3.91. The van der Waals surface area contributed by atoms with Gasteiger partial charge in [-0.05, 0) is 37.3 Å². The van der Waals surface area contributed by atoms with Gasteiger partial charge in [0.1, 0.15) is 23.3 Å². The van der Waals surface area contributed by atoms with Crippen molar-refractivity contribution in [3.05, 3.63) is 70.5 Å². The van der Waals surface area contributed by atoms with Crippen LogP contribution in [0.25, 0.3) is 22.3 Å². The summed E-state index contributed by atoms with van der Waals surface area (Å²) in [6, 6.07) is 9.08. The number of rotatable bonds is 4. The molecule has 0 spiro atoms. The molecule has 3 aromatic heterocycles. The molecule has 1 atom stereocenters. The average Bonchev–Trinajstić information content (AvgIpc) is 2.82. The van der Waals surface area contributed by atoms with Crippen LogP contribution in [0.5, 0.6) is 5.88 Å². The molecule has 0 amide bonds. The van der Waals surface area contributed by atoms with E-state index in [1.54, 1.807) is 18.3 Å². The number of methoxy groups -OCH3 is 1. The summed E-state index contributed by atoms with van der Waals surface area (Å²) in [4.78, 5) is 29.8. The van der Waals surface area contributed by atoms with Crippen LogP contribution in [0.4, 0.5) is 10.1 Å². The summed E-state index contributed by atoms with van der Waals surface area (Å²) in [7, 11) is 1.25. The van der Waals surface area contributed by atoms with Crippen molar-refractivity contribution in [3.63, 3.8) is 0 Å². The summed E-state index contributed by atoms with van der Waals surface area (Å²) in [5, 5.41) is 3.32. The van der Waals surface area contributed by atoms with Crippen molar-refractivity contribution >= 4 is 34.3 Å². The minimum absolute atomic E-state index is 0.0217. The zero-order chi connectivity index (χ0) is 23.1. The second-order valence-corrected chi connectivity index (χ2v) is 7.80. The van der Waals surface area contributed by atoms with Crippen LogP contribution >= 0.6 is 11.6 Å². The molecular formula is C23H17ClFN5O3. The average molecular weight is 466 g/mol. The van der Waals surface area contributed by atoms with Gasteiger partial charge in [0.05, 0.1) is 35.6 Å². The number of pyridine rings is 2. The molecule has 10 heteroatoms. The standard InChI is InChI=1S/C23H17ClFN5O3/c1-11(27-15-5-6-18(24)29-21(15)23(31)32-2)14-8-12(25)9-16-19(14)30-22-20(28-16)13-4-3-7-26-17(13)10-33-22/h3-9,11,27H,10H2,1-2H3/t11-/m1/s1. The molecule has 1 aliphatic rings. The third kappa shape index (κ3) is 3.80. The van der Waals surface area contributed by atoms with Gasteiger partial charge in [0.2, 0.25) is 5.88 Å². The quantitative estimate of drug-likeness (QED) is 0.341. The Labute approximate surface area is 192 Å². The van der Waals surface area contributed by atoms with Crippen molar-refractivity contribution in [3.8, 4) is 17.1 Å². The molecule has 0 radical (unpaired) electrons. The molecule has 0 saturated heterocycles. The van der Waals surface area contributed by atoms with Gasteiger partial charge in [0.25, 0.3) is 0 Å². The van der Waals surface area contributed by atoms with Crippen LogP contribution in [0.1, 0.15) is 34.7 Å². The van der Waals surface area contributed by atoms with Crippen molar-refractivity contribution in [1.29, 1.82) is 0 Å². The van der Waals surface area contributed by atoms with E-state index in [0.29, 0.717) is 33.9 Å². The Balaban J connectivity index is 1.59. The Bertz CT molecular complexity index is 1410. The van der Waals surface area contributed by atoms with Gasteiger partial charge in [-0.15, -0.1) is 0 Å². The van der Waals surface area contributed by atoms with Crippen molar-refractivity contribution in [2.75, 3.05) is 12.4 Å². The normalized spacial score (nSPS) is 13.0. The molecule has 0 aliphatic carbocycles. The van der Waals surface area contributed by atoms with Crippen molar-refractivity contribution in [1.82, 2.24) is 19.9 Å². The van der Waals surface area contributed by atoms with Gasteiger partial charge in [-0.2, -0.15) is 0 Å². The summed E-state index contributed by atoms with van der Waals surface area (Å²) in [5.74, 6) is -0.761. The number of hydrogen-bond acceptors (Lipinski definition) is 8. The topological polar surface area (TPSA) is 99.1 Å². The van der Waals surface area contributed by atoms with Gasteiger partial charge >= 0.3 is 5.97 Å². The number of carbonyl (C=O) groups is 1. The van der Waals surface area contributed by atoms with Gasteiger partial charge in [0.15, 0.2) is 5.69 Å². The summed E-state index contributed by atoms with van der Waals surface area (Å²) in [6.07, 6.45) is 1.68. The summed E-state index contributed by atoms with van der Waals surface area (Å²) in [6.45, 7) is 2.08. The lowest BCUT2D eigenvalue weighted by molar-refractivity contribution is 0.0595. The van der Waals surface area contributed by atoms with Crippen molar-refractivity contribution in [2.24, 2.45) is 0 Å². The third-order valence-corrected chi connectivity index (χ3v) is 5.51. The molecule has 1 aliphatic heterocycles. The Kier molecular flexibility index (Phi) is 5.26. The van der Waals surface area contributed by atoms with Crippen molar-refractivity contribution < 1.29 is 18.7 Å². The van der Waals surface area contributed by atoms with Gasteiger partial charge in [-0.1, -0.05) is 11.6 Å². The predicted octanol–water partition coefficient (Wildman–Crippen LogP) is 4.73. The van der Waals surface area contributed by atoms with E-state index in [-0.39, 0.29) is 17.5 Å². The predicted molar refractivity (Wildman–Crippen MR) is 120 cm³/mol. The molecule has 8 nitrogen and oxygen atoms in total. The van der Waals surface area contributed by atoms with Crippen LogP contribution < -0.4 is 10.1 Å². The van der Waals surface area contributed by atoms with Crippen LogP contribution in [-0.4, -0.2) is 33.0 Å². The fourth-order valence-electron chi connectivity index (χ4n) is 3.76. The van der Waals surface area contributed by atoms with Crippen LogP contribution in [0.15, 0.2) is 42.6 Å². The van der Waals surface area contributed by atoms with Crippen molar-refractivity contribution in [2.45, 2.75) is 19.6 Å². The second kappa shape index (κ2) is 8.25. The number of fused-ring (bicyclic) bond motifs is 4. The lowest BCUT2D eigenvalue weighted by Crippen LogP contribution is -2.15. The number of benzene rings is 1.